The van der Waals surface area contributed by atoms with Crippen molar-refractivity contribution in [3.05, 3.63) is 42.4 Å². The lowest BCUT2D eigenvalue weighted by molar-refractivity contribution is 0.461. The van der Waals surface area contributed by atoms with Crippen LogP contribution in [0.1, 0.15) is 26.3 Å². The van der Waals surface area contributed by atoms with E-state index in [0.717, 1.165) is 12.2 Å². The van der Waals surface area contributed by atoms with Crippen LogP contribution in [0.5, 0.6) is 0 Å². The summed E-state index contributed by atoms with van der Waals surface area (Å²) >= 11 is 0. The summed E-state index contributed by atoms with van der Waals surface area (Å²) < 4.78 is 0. The van der Waals surface area contributed by atoms with Gasteiger partial charge in [0, 0.05) is 30.1 Å². The highest BCUT2D eigenvalue weighted by Gasteiger charge is 2.13. The molecule has 76 valence electrons. The molecule has 1 N–H and O–H groups in total. The highest BCUT2D eigenvalue weighted by atomic mass is 14.9. The summed E-state index contributed by atoms with van der Waals surface area (Å²) in [6, 6.07) is 4.01. The van der Waals surface area contributed by atoms with Crippen LogP contribution in [-0.2, 0) is 6.54 Å². The summed E-state index contributed by atoms with van der Waals surface area (Å²) in [5, 5.41) is 3.32. The molecule has 0 bridgehead atoms. The first-order valence-electron chi connectivity index (χ1n) is 4.82. The molecule has 14 heavy (non-hydrogen) atoms. The van der Waals surface area contributed by atoms with Gasteiger partial charge in [-0.25, -0.2) is 0 Å². The van der Waals surface area contributed by atoms with Gasteiger partial charge in [0.2, 0.25) is 0 Å². The van der Waals surface area contributed by atoms with Gasteiger partial charge < -0.3 is 5.32 Å². The van der Waals surface area contributed by atoms with E-state index in [1.54, 1.807) is 12.4 Å². The third-order valence-electron chi connectivity index (χ3n) is 2.16. The van der Waals surface area contributed by atoms with Crippen LogP contribution in [-0.4, -0.2) is 4.98 Å². The van der Waals surface area contributed by atoms with Crippen molar-refractivity contribution in [3.8, 4) is 0 Å². The summed E-state index contributed by atoms with van der Waals surface area (Å²) in [4.78, 5) is 3.97. The predicted molar refractivity (Wildman–Crippen MR) is 59.7 cm³/mol. The van der Waals surface area contributed by atoms with Gasteiger partial charge in [-0.2, -0.15) is 0 Å². The Bertz CT molecular complexity index is 296. The molecular weight excluding hydrogens is 172 g/mol. The summed E-state index contributed by atoms with van der Waals surface area (Å²) in [6.07, 6.45) is 3.60. The van der Waals surface area contributed by atoms with Crippen LogP contribution in [0.25, 0.3) is 0 Å². The smallest absolute Gasteiger partial charge is 0.0398 e. The summed E-state index contributed by atoms with van der Waals surface area (Å²) in [6.45, 7) is 11.3. The minimum atomic E-state index is 0.118. The Morgan fingerprint density at radius 2 is 1.93 bits per heavy atom. The molecule has 0 fully saturated rings. The van der Waals surface area contributed by atoms with Crippen LogP contribution < -0.4 is 5.32 Å². The van der Waals surface area contributed by atoms with Gasteiger partial charge in [-0.3, -0.25) is 4.98 Å². The molecule has 1 heterocycles. The van der Waals surface area contributed by atoms with Crippen LogP contribution in [0, 0.1) is 5.41 Å². The molecule has 1 aromatic heterocycles. The van der Waals surface area contributed by atoms with Gasteiger partial charge in [-0.1, -0.05) is 27.4 Å². The van der Waals surface area contributed by atoms with E-state index >= 15 is 0 Å². The van der Waals surface area contributed by atoms with Crippen LogP contribution in [0.2, 0.25) is 0 Å². The Morgan fingerprint density at radius 1 is 1.36 bits per heavy atom. The van der Waals surface area contributed by atoms with E-state index in [1.807, 2.05) is 12.1 Å². The SMILES string of the molecule is C=C(NCc1ccncc1)C(C)(C)C. The van der Waals surface area contributed by atoms with E-state index in [0.29, 0.717) is 0 Å². The maximum Gasteiger partial charge on any atom is 0.0398 e. The van der Waals surface area contributed by atoms with Gasteiger partial charge in [-0.05, 0) is 17.7 Å². The Labute approximate surface area is 86.1 Å². The quantitative estimate of drug-likeness (QED) is 0.792. The fourth-order valence-electron chi connectivity index (χ4n) is 0.975. The molecule has 0 radical (unpaired) electrons. The number of hydrogen-bond donors (Lipinski definition) is 1. The van der Waals surface area contributed by atoms with Crippen molar-refractivity contribution in [3.63, 3.8) is 0 Å². The molecule has 2 heteroatoms. The molecule has 0 aromatic carbocycles. The fourth-order valence-corrected chi connectivity index (χ4v) is 0.975. The zero-order valence-electron chi connectivity index (χ0n) is 9.17. The normalized spacial score (nSPS) is 11.1. The second-order valence-corrected chi connectivity index (χ2v) is 4.44. The van der Waals surface area contributed by atoms with Gasteiger partial charge in [0.1, 0.15) is 0 Å². The number of pyridine rings is 1. The Balaban J connectivity index is 2.46. The first kappa shape index (κ1) is 10.8. The molecule has 0 aliphatic rings. The van der Waals surface area contributed by atoms with Crippen LogP contribution in [0.3, 0.4) is 0 Å². The topological polar surface area (TPSA) is 24.9 Å². The number of rotatable bonds is 3. The molecule has 0 unspecified atom stereocenters. The number of nitrogens with zero attached hydrogens (tertiary/aromatic N) is 1. The lowest BCUT2D eigenvalue weighted by Crippen LogP contribution is -2.22. The van der Waals surface area contributed by atoms with Crippen molar-refractivity contribution in [2.75, 3.05) is 0 Å². The zero-order chi connectivity index (χ0) is 10.6. The molecule has 0 amide bonds. The van der Waals surface area contributed by atoms with Crippen molar-refractivity contribution in [2.24, 2.45) is 5.41 Å². The summed E-state index contributed by atoms with van der Waals surface area (Å²) in [7, 11) is 0. The molecular formula is C12H18N2. The highest BCUT2D eigenvalue weighted by molar-refractivity contribution is 5.12. The second-order valence-electron chi connectivity index (χ2n) is 4.44. The molecule has 0 spiro atoms. The largest absolute Gasteiger partial charge is 0.384 e. The highest BCUT2D eigenvalue weighted by Crippen LogP contribution is 2.21. The van der Waals surface area contributed by atoms with Crippen molar-refractivity contribution < 1.29 is 0 Å². The van der Waals surface area contributed by atoms with E-state index in [1.165, 1.54) is 5.56 Å². The number of nitrogens with one attached hydrogen (secondary N) is 1. The number of allylic oxidation sites excluding steroid dienone is 1. The average molecular weight is 190 g/mol. The zero-order valence-corrected chi connectivity index (χ0v) is 9.17. The molecule has 1 aromatic rings. The van der Waals surface area contributed by atoms with Crippen LogP contribution in [0.4, 0.5) is 0 Å². The summed E-state index contributed by atoms with van der Waals surface area (Å²) in [5.74, 6) is 0. The van der Waals surface area contributed by atoms with Gasteiger partial charge in [-0.15, -0.1) is 0 Å². The molecule has 2 nitrogen and oxygen atoms in total. The summed E-state index contributed by atoms with van der Waals surface area (Å²) in [5.41, 5.74) is 2.41. The Kier molecular flexibility index (Phi) is 3.28. The van der Waals surface area contributed by atoms with Gasteiger partial charge >= 0.3 is 0 Å². The maximum absolute atomic E-state index is 4.01. The minimum absolute atomic E-state index is 0.118. The molecule has 0 atom stereocenters. The van der Waals surface area contributed by atoms with Crippen molar-refractivity contribution in [1.82, 2.24) is 10.3 Å². The van der Waals surface area contributed by atoms with E-state index < -0.39 is 0 Å². The Hall–Kier alpha value is -1.31. The van der Waals surface area contributed by atoms with E-state index in [-0.39, 0.29) is 5.41 Å². The lowest BCUT2D eigenvalue weighted by Gasteiger charge is -2.23. The number of hydrogen-bond acceptors (Lipinski definition) is 2. The third-order valence-corrected chi connectivity index (χ3v) is 2.16. The molecule has 0 aliphatic heterocycles. The van der Waals surface area contributed by atoms with E-state index in [2.05, 4.69) is 37.7 Å². The van der Waals surface area contributed by atoms with Gasteiger partial charge in [0.25, 0.3) is 0 Å². The van der Waals surface area contributed by atoms with Crippen LogP contribution >= 0.6 is 0 Å². The molecule has 0 saturated carbocycles. The van der Waals surface area contributed by atoms with Crippen LogP contribution in [0.15, 0.2) is 36.8 Å². The maximum atomic E-state index is 4.01. The number of aromatic nitrogens is 1. The van der Waals surface area contributed by atoms with Gasteiger partial charge in [0.15, 0.2) is 0 Å². The lowest BCUT2D eigenvalue weighted by atomic mass is 9.93. The fraction of sp³-hybridized carbons (Fsp3) is 0.417. The van der Waals surface area contributed by atoms with Gasteiger partial charge in [0.05, 0.1) is 0 Å². The predicted octanol–water partition coefficient (Wildman–Crippen LogP) is 2.73. The minimum Gasteiger partial charge on any atom is -0.384 e. The molecule has 0 saturated heterocycles. The standard InChI is InChI=1S/C12H18N2/c1-10(12(2,3)4)14-9-11-5-7-13-8-6-11/h5-8,14H,1,9H2,2-4H3. The van der Waals surface area contributed by atoms with Crippen molar-refractivity contribution >= 4 is 0 Å². The van der Waals surface area contributed by atoms with Crippen molar-refractivity contribution in [1.29, 1.82) is 0 Å². The molecule has 1 rings (SSSR count). The average Bonchev–Trinajstić information content (AvgIpc) is 2.14. The second kappa shape index (κ2) is 4.27. The first-order chi connectivity index (χ1) is 6.50. The van der Waals surface area contributed by atoms with Crippen molar-refractivity contribution in [2.45, 2.75) is 27.3 Å². The molecule has 0 aliphatic carbocycles. The van der Waals surface area contributed by atoms with E-state index in [4.69, 9.17) is 0 Å². The first-order valence-corrected chi connectivity index (χ1v) is 4.82. The third kappa shape index (κ3) is 3.21. The monoisotopic (exact) mass is 190 g/mol. The Morgan fingerprint density at radius 3 is 2.43 bits per heavy atom. The van der Waals surface area contributed by atoms with E-state index in [9.17, 15) is 0 Å².